The van der Waals surface area contributed by atoms with Gasteiger partial charge in [0, 0.05) is 18.7 Å². The van der Waals surface area contributed by atoms with Gasteiger partial charge in [0.25, 0.3) is 0 Å². The lowest BCUT2D eigenvalue weighted by molar-refractivity contribution is -0.111. The summed E-state index contributed by atoms with van der Waals surface area (Å²) < 4.78 is 0. The first-order valence-corrected chi connectivity index (χ1v) is 9.91. The van der Waals surface area contributed by atoms with Gasteiger partial charge in [0.15, 0.2) is 0 Å². The van der Waals surface area contributed by atoms with Gasteiger partial charge < -0.3 is 15.7 Å². The Kier molecular flexibility index (Phi) is 6.65. The molecule has 0 unspecified atom stereocenters. The van der Waals surface area contributed by atoms with E-state index in [0.29, 0.717) is 12.6 Å². The van der Waals surface area contributed by atoms with Crippen LogP contribution >= 0.6 is 0 Å². The smallest absolute Gasteiger partial charge is 0.337 e. The van der Waals surface area contributed by atoms with E-state index in [1.54, 1.807) is 12.1 Å². The molecule has 0 bridgehead atoms. The molecule has 0 radical (unpaired) electrons. The molecule has 0 aliphatic carbocycles. The van der Waals surface area contributed by atoms with Crippen molar-refractivity contribution in [1.82, 2.24) is 5.32 Å². The van der Waals surface area contributed by atoms with E-state index in [-0.39, 0.29) is 17.2 Å². The molecule has 3 N–H and O–H groups in total. The molecule has 0 fully saturated rings. The molecule has 5 nitrogen and oxygen atoms in total. The highest BCUT2D eigenvalue weighted by molar-refractivity contribution is 6.07. The van der Waals surface area contributed by atoms with Crippen LogP contribution in [0.5, 0.6) is 0 Å². The highest BCUT2D eigenvalue weighted by Gasteiger charge is 2.13. The average Bonchev–Trinajstić information content (AvgIpc) is 2.71. The second-order valence-electron chi connectivity index (χ2n) is 7.60. The van der Waals surface area contributed by atoms with E-state index in [0.717, 1.165) is 27.5 Å². The molecule has 3 rings (SSSR count). The third kappa shape index (κ3) is 5.33. The third-order valence-electron chi connectivity index (χ3n) is 4.84. The van der Waals surface area contributed by atoms with E-state index in [9.17, 15) is 14.7 Å². The predicted octanol–water partition coefficient (Wildman–Crippen LogP) is 5.08. The fourth-order valence-corrected chi connectivity index (χ4v) is 3.20. The van der Waals surface area contributed by atoms with Crippen LogP contribution in [0.1, 0.15) is 42.3 Å². The van der Waals surface area contributed by atoms with Crippen molar-refractivity contribution >= 4 is 33.9 Å². The van der Waals surface area contributed by atoms with Gasteiger partial charge in [0.1, 0.15) is 0 Å². The van der Waals surface area contributed by atoms with E-state index in [1.807, 2.05) is 63.2 Å². The summed E-state index contributed by atoms with van der Waals surface area (Å²) in [5.41, 5.74) is 3.00. The van der Waals surface area contributed by atoms with Crippen LogP contribution in [-0.4, -0.2) is 23.0 Å². The highest BCUT2D eigenvalue weighted by atomic mass is 16.4. The van der Waals surface area contributed by atoms with Crippen molar-refractivity contribution in [1.29, 1.82) is 0 Å². The van der Waals surface area contributed by atoms with Crippen LogP contribution in [0.15, 0.2) is 66.7 Å². The number of benzene rings is 3. The minimum Gasteiger partial charge on any atom is -0.478 e. The molecular weight excluding hydrogens is 376 g/mol. The summed E-state index contributed by atoms with van der Waals surface area (Å²) in [6.07, 6.45) is 1.49. The number of hydrogen-bond donors (Lipinski definition) is 3. The van der Waals surface area contributed by atoms with E-state index in [2.05, 4.69) is 10.6 Å². The zero-order valence-corrected chi connectivity index (χ0v) is 17.4. The first-order chi connectivity index (χ1) is 14.3. The number of amides is 1. The normalized spacial score (nSPS) is 11.7. The Balaban J connectivity index is 1.82. The molecular formula is C25H26N2O3. The van der Waals surface area contributed by atoms with E-state index >= 15 is 0 Å². The number of nitrogens with one attached hydrogen (secondary N) is 2. The van der Waals surface area contributed by atoms with Crippen molar-refractivity contribution in [2.24, 2.45) is 0 Å². The number of fused-ring (bicyclic) bond motifs is 1. The molecule has 0 atom stereocenters. The number of rotatable bonds is 7. The topological polar surface area (TPSA) is 78.4 Å². The van der Waals surface area contributed by atoms with Crippen molar-refractivity contribution in [3.05, 3.63) is 83.4 Å². The molecule has 30 heavy (non-hydrogen) atoms. The molecule has 0 aliphatic rings. The largest absolute Gasteiger partial charge is 0.478 e. The third-order valence-corrected chi connectivity index (χ3v) is 4.84. The number of carbonyl (C=O) groups is 2. The summed E-state index contributed by atoms with van der Waals surface area (Å²) in [7, 11) is 0. The lowest BCUT2D eigenvalue weighted by atomic mass is 10.0. The maximum absolute atomic E-state index is 12.6. The van der Waals surface area contributed by atoms with E-state index < -0.39 is 5.97 Å². The quantitative estimate of drug-likeness (QED) is 0.482. The lowest BCUT2D eigenvalue weighted by Gasteiger charge is -2.12. The van der Waals surface area contributed by atoms with Crippen molar-refractivity contribution in [2.45, 2.75) is 33.4 Å². The Labute approximate surface area is 176 Å². The average molecular weight is 402 g/mol. The number of allylic oxidation sites excluding steroid dienone is 1. The standard InChI is InChI=1S/C25H26N2O3/c1-16(2)26-15-18-8-11-22(25(29)30)23(13-18)27-24(28)12-17(3)20-10-9-19-6-4-5-7-21(19)14-20/h4-14,16,26H,15H2,1-3H3,(H,27,28)(H,29,30)/b17-12+. The maximum Gasteiger partial charge on any atom is 0.337 e. The Hall–Kier alpha value is -3.44. The Morgan fingerprint density at radius 1 is 1.00 bits per heavy atom. The fourth-order valence-electron chi connectivity index (χ4n) is 3.20. The maximum atomic E-state index is 12.6. The van der Waals surface area contributed by atoms with E-state index in [1.165, 1.54) is 12.1 Å². The number of carboxylic acid groups (broad SMARTS) is 1. The predicted molar refractivity (Wildman–Crippen MR) is 122 cm³/mol. The molecule has 0 spiro atoms. The highest BCUT2D eigenvalue weighted by Crippen LogP contribution is 2.22. The fraction of sp³-hybridized carbons (Fsp3) is 0.200. The van der Waals surface area contributed by atoms with Crippen molar-refractivity contribution in [3.8, 4) is 0 Å². The molecule has 5 heteroatoms. The first-order valence-electron chi connectivity index (χ1n) is 9.91. The van der Waals surface area contributed by atoms with Gasteiger partial charge in [-0.1, -0.05) is 56.3 Å². The van der Waals surface area contributed by atoms with Gasteiger partial charge in [-0.15, -0.1) is 0 Å². The molecule has 3 aromatic carbocycles. The lowest BCUT2D eigenvalue weighted by Crippen LogP contribution is -2.22. The van der Waals surface area contributed by atoms with Crippen LogP contribution < -0.4 is 10.6 Å². The van der Waals surface area contributed by atoms with Crippen LogP contribution in [0.3, 0.4) is 0 Å². The number of carbonyl (C=O) groups excluding carboxylic acids is 1. The number of anilines is 1. The van der Waals surface area contributed by atoms with E-state index in [4.69, 9.17) is 0 Å². The molecule has 0 saturated carbocycles. The molecule has 3 aromatic rings. The van der Waals surface area contributed by atoms with Crippen molar-refractivity contribution in [2.75, 3.05) is 5.32 Å². The molecule has 154 valence electrons. The Morgan fingerprint density at radius 2 is 1.73 bits per heavy atom. The van der Waals surface area contributed by atoms with Crippen LogP contribution in [0.2, 0.25) is 0 Å². The Bertz CT molecular complexity index is 1120. The summed E-state index contributed by atoms with van der Waals surface area (Å²) >= 11 is 0. The zero-order chi connectivity index (χ0) is 21.7. The second kappa shape index (κ2) is 9.37. The number of hydrogen-bond acceptors (Lipinski definition) is 3. The molecule has 0 aliphatic heterocycles. The summed E-state index contributed by atoms with van der Waals surface area (Å²) in [6, 6.07) is 19.4. The molecule has 0 saturated heterocycles. The monoisotopic (exact) mass is 402 g/mol. The first kappa shape index (κ1) is 21.3. The van der Waals surface area contributed by atoms with Crippen LogP contribution in [0.4, 0.5) is 5.69 Å². The second-order valence-corrected chi connectivity index (χ2v) is 7.60. The Morgan fingerprint density at radius 3 is 2.43 bits per heavy atom. The number of aromatic carboxylic acids is 1. The van der Waals surface area contributed by atoms with Crippen molar-refractivity contribution < 1.29 is 14.7 Å². The van der Waals surface area contributed by atoms with Crippen LogP contribution in [-0.2, 0) is 11.3 Å². The molecule has 0 heterocycles. The van der Waals surface area contributed by atoms with Crippen LogP contribution in [0.25, 0.3) is 16.3 Å². The van der Waals surface area contributed by atoms with Gasteiger partial charge in [0.05, 0.1) is 11.3 Å². The van der Waals surface area contributed by atoms with Gasteiger partial charge in [-0.2, -0.15) is 0 Å². The van der Waals surface area contributed by atoms with Gasteiger partial charge in [-0.05, 0) is 52.6 Å². The summed E-state index contributed by atoms with van der Waals surface area (Å²) in [4.78, 5) is 24.2. The van der Waals surface area contributed by atoms with Crippen molar-refractivity contribution in [3.63, 3.8) is 0 Å². The molecule has 1 amide bonds. The summed E-state index contributed by atoms with van der Waals surface area (Å²) in [5.74, 6) is -1.44. The summed E-state index contributed by atoms with van der Waals surface area (Å²) in [5, 5.41) is 17.7. The zero-order valence-electron chi connectivity index (χ0n) is 17.4. The van der Waals surface area contributed by atoms with Gasteiger partial charge >= 0.3 is 5.97 Å². The summed E-state index contributed by atoms with van der Waals surface area (Å²) in [6.45, 7) is 6.53. The van der Waals surface area contributed by atoms with Gasteiger partial charge in [-0.3, -0.25) is 4.79 Å². The minimum atomic E-state index is -1.08. The minimum absolute atomic E-state index is 0.0633. The number of carboxylic acids is 1. The molecule has 0 aromatic heterocycles. The van der Waals surface area contributed by atoms with Crippen LogP contribution in [0, 0.1) is 0 Å². The van der Waals surface area contributed by atoms with Gasteiger partial charge in [0.2, 0.25) is 5.91 Å². The SMILES string of the molecule is C/C(=C\C(=O)Nc1cc(CNC(C)C)ccc1C(=O)O)c1ccc2ccccc2c1. The van der Waals surface area contributed by atoms with Gasteiger partial charge in [-0.25, -0.2) is 4.79 Å².